The third kappa shape index (κ3) is 41.1. The largest absolute Gasteiger partial charge is 0.462 e. The number of aliphatic hydroxyl groups is 1. The predicted octanol–water partition coefficient (Wildman–Crippen LogP) is 14.6. The molecule has 0 heterocycles. The molecule has 0 aliphatic heterocycles. The monoisotopic (exact) mass is 733 g/mol. The Bertz CT molecular complexity index is 791. The minimum Gasteiger partial charge on any atom is -0.462 e. The molecule has 0 aliphatic carbocycles. The number of ether oxygens (including phenoxy) is 2. The summed E-state index contributed by atoms with van der Waals surface area (Å²) in [5, 5.41) is 9.59. The van der Waals surface area contributed by atoms with Gasteiger partial charge in [-0.15, -0.1) is 0 Å². The molecule has 1 N–H and O–H groups in total. The van der Waals surface area contributed by atoms with E-state index >= 15 is 0 Å². The summed E-state index contributed by atoms with van der Waals surface area (Å²) in [4.78, 5) is 24.4. The number of aliphatic hydroxyl groups excluding tert-OH is 1. The number of esters is 2. The number of rotatable bonds is 42. The van der Waals surface area contributed by atoms with E-state index in [4.69, 9.17) is 9.47 Å². The number of allylic oxidation sites excluding steroid dienone is 4. The molecule has 0 aliphatic rings. The molecule has 0 radical (unpaired) electrons. The number of carbonyl (C=O) groups excluding carboxylic acids is 2. The van der Waals surface area contributed by atoms with Gasteiger partial charge in [0.25, 0.3) is 0 Å². The van der Waals surface area contributed by atoms with Gasteiger partial charge in [-0.05, 0) is 44.9 Å². The SMILES string of the molecule is CCCCCC=CCC=CCCCCCCCCCCCC(=O)O[C@@H](CO)COC(=O)CCCCCCCCCCCCCCCCCCCCC. The van der Waals surface area contributed by atoms with Gasteiger partial charge in [0.05, 0.1) is 6.61 Å². The van der Waals surface area contributed by atoms with Crippen molar-refractivity contribution in [3.8, 4) is 0 Å². The van der Waals surface area contributed by atoms with Crippen molar-refractivity contribution in [1.82, 2.24) is 0 Å². The zero-order valence-corrected chi connectivity index (χ0v) is 34.8. The summed E-state index contributed by atoms with van der Waals surface area (Å²) in [6.07, 6.45) is 52.5. The topological polar surface area (TPSA) is 72.8 Å². The molecule has 5 heteroatoms. The van der Waals surface area contributed by atoms with Gasteiger partial charge in [-0.3, -0.25) is 9.59 Å². The van der Waals surface area contributed by atoms with Crippen molar-refractivity contribution in [3.63, 3.8) is 0 Å². The van der Waals surface area contributed by atoms with Gasteiger partial charge >= 0.3 is 11.9 Å². The van der Waals surface area contributed by atoms with Crippen LogP contribution in [0, 0.1) is 0 Å². The molecule has 0 bridgehead atoms. The van der Waals surface area contributed by atoms with Crippen molar-refractivity contribution in [3.05, 3.63) is 24.3 Å². The lowest BCUT2D eigenvalue weighted by atomic mass is 10.0. The molecule has 0 unspecified atom stereocenters. The Labute approximate surface area is 323 Å². The predicted molar refractivity (Wildman–Crippen MR) is 224 cm³/mol. The summed E-state index contributed by atoms with van der Waals surface area (Å²) in [5.74, 6) is -0.583. The third-order valence-corrected chi connectivity index (χ3v) is 10.2. The molecule has 0 saturated carbocycles. The van der Waals surface area contributed by atoms with E-state index in [1.54, 1.807) is 0 Å². The van der Waals surface area contributed by atoms with Crippen molar-refractivity contribution in [2.75, 3.05) is 13.2 Å². The average molecular weight is 733 g/mol. The van der Waals surface area contributed by atoms with E-state index in [0.717, 1.165) is 38.5 Å². The molecule has 0 spiro atoms. The Hall–Kier alpha value is -1.62. The summed E-state index contributed by atoms with van der Waals surface area (Å²) in [7, 11) is 0. The number of unbranched alkanes of at least 4 members (excludes halogenated alkanes) is 30. The van der Waals surface area contributed by atoms with Crippen LogP contribution in [-0.2, 0) is 19.1 Å². The molecule has 0 aromatic rings. The van der Waals surface area contributed by atoms with Crippen LogP contribution >= 0.6 is 0 Å². The first-order valence-electron chi connectivity index (χ1n) is 22.9. The van der Waals surface area contributed by atoms with E-state index in [9.17, 15) is 14.7 Å². The highest BCUT2D eigenvalue weighted by Crippen LogP contribution is 2.16. The lowest BCUT2D eigenvalue weighted by molar-refractivity contribution is -0.161. The van der Waals surface area contributed by atoms with Crippen molar-refractivity contribution in [2.45, 2.75) is 251 Å². The Balaban J connectivity index is 3.49. The van der Waals surface area contributed by atoms with Crippen LogP contribution in [0.4, 0.5) is 0 Å². The van der Waals surface area contributed by atoms with Gasteiger partial charge in [-0.2, -0.15) is 0 Å². The number of hydrogen-bond donors (Lipinski definition) is 1. The van der Waals surface area contributed by atoms with Gasteiger partial charge in [0.2, 0.25) is 0 Å². The van der Waals surface area contributed by atoms with Crippen molar-refractivity contribution in [2.24, 2.45) is 0 Å². The zero-order chi connectivity index (χ0) is 37.8. The van der Waals surface area contributed by atoms with Crippen LogP contribution in [0.3, 0.4) is 0 Å². The quantitative estimate of drug-likeness (QED) is 0.0384. The van der Waals surface area contributed by atoms with Crippen LogP contribution in [0.1, 0.15) is 245 Å². The van der Waals surface area contributed by atoms with Crippen molar-refractivity contribution >= 4 is 11.9 Å². The average Bonchev–Trinajstić information content (AvgIpc) is 3.15. The molecule has 306 valence electrons. The highest BCUT2D eigenvalue weighted by Gasteiger charge is 2.16. The molecule has 0 fully saturated rings. The summed E-state index contributed by atoms with van der Waals surface area (Å²) < 4.78 is 10.7. The van der Waals surface area contributed by atoms with E-state index in [1.165, 1.54) is 180 Å². The second-order valence-corrected chi connectivity index (χ2v) is 15.5. The summed E-state index contributed by atoms with van der Waals surface area (Å²) >= 11 is 0. The minimum absolute atomic E-state index is 0.0625. The second-order valence-electron chi connectivity index (χ2n) is 15.5. The molecule has 0 aromatic heterocycles. The van der Waals surface area contributed by atoms with Crippen LogP contribution in [-0.4, -0.2) is 36.4 Å². The fourth-order valence-corrected chi connectivity index (χ4v) is 6.76. The molecular formula is C47H88O5. The van der Waals surface area contributed by atoms with Crippen LogP contribution in [0.2, 0.25) is 0 Å². The van der Waals surface area contributed by atoms with Gasteiger partial charge in [0, 0.05) is 12.8 Å². The maximum absolute atomic E-state index is 12.2. The fourth-order valence-electron chi connectivity index (χ4n) is 6.76. The Morgan fingerprint density at radius 3 is 1.17 bits per heavy atom. The molecular weight excluding hydrogens is 645 g/mol. The fraction of sp³-hybridized carbons (Fsp3) is 0.872. The smallest absolute Gasteiger partial charge is 0.306 e. The van der Waals surface area contributed by atoms with Gasteiger partial charge in [-0.25, -0.2) is 0 Å². The van der Waals surface area contributed by atoms with Gasteiger partial charge in [-0.1, -0.05) is 212 Å². The van der Waals surface area contributed by atoms with E-state index < -0.39 is 6.10 Å². The van der Waals surface area contributed by atoms with Crippen LogP contribution in [0.15, 0.2) is 24.3 Å². The standard InChI is InChI=1S/C47H88O5/c1-3-5-7-9-11-13-15-17-19-21-23-25-27-29-31-33-35-37-39-41-46(49)51-44-45(43-48)52-47(50)42-40-38-36-34-32-30-28-26-24-22-20-18-16-14-12-10-8-6-4-2/h12,14,18,20,45,48H,3-11,13,15-17,19,21-44H2,1-2H3/t45-/m0/s1. The molecule has 0 saturated heterocycles. The molecule has 5 nitrogen and oxygen atoms in total. The molecule has 52 heavy (non-hydrogen) atoms. The highest BCUT2D eigenvalue weighted by molar-refractivity contribution is 5.70. The first-order valence-corrected chi connectivity index (χ1v) is 22.9. The van der Waals surface area contributed by atoms with Crippen molar-refractivity contribution in [1.29, 1.82) is 0 Å². The van der Waals surface area contributed by atoms with Gasteiger partial charge in [0.15, 0.2) is 6.10 Å². The summed E-state index contributed by atoms with van der Waals surface area (Å²) in [6, 6.07) is 0. The lowest BCUT2D eigenvalue weighted by Gasteiger charge is -2.15. The Morgan fingerprint density at radius 1 is 0.442 bits per heavy atom. The van der Waals surface area contributed by atoms with Crippen LogP contribution in [0.5, 0.6) is 0 Å². The normalized spacial score (nSPS) is 12.3. The highest BCUT2D eigenvalue weighted by atomic mass is 16.6. The first kappa shape index (κ1) is 50.4. The zero-order valence-electron chi connectivity index (χ0n) is 34.8. The minimum atomic E-state index is -0.769. The molecule has 1 atom stereocenters. The molecule has 0 rings (SSSR count). The molecule has 0 amide bonds. The third-order valence-electron chi connectivity index (χ3n) is 10.2. The van der Waals surface area contributed by atoms with E-state index in [0.29, 0.717) is 12.8 Å². The Kier molecular flexibility index (Phi) is 42.4. The van der Waals surface area contributed by atoms with Crippen LogP contribution < -0.4 is 0 Å². The summed E-state index contributed by atoms with van der Waals surface area (Å²) in [5.41, 5.74) is 0. The van der Waals surface area contributed by atoms with Crippen molar-refractivity contribution < 1.29 is 24.2 Å². The number of carbonyl (C=O) groups is 2. The number of hydrogen-bond acceptors (Lipinski definition) is 5. The van der Waals surface area contributed by atoms with Gasteiger partial charge in [0.1, 0.15) is 6.61 Å². The Morgan fingerprint density at radius 2 is 0.769 bits per heavy atom. The maximum atomic E-state index is 12.2. The van der Waals surface area contributed by atoms with Gasteiger partial charge < -0.3 is 14.6 Å². The second kappa shape index (κ2) is 43.8. The first-order chi connectivity index (χ1) is 25.6. The van der Waals surface area contributed by atoms with E-state index in [2.05, 4.69) is 38.2 Å². The molecule has 0 aromatic carbocycles. The van der Waals surface area contributed by atoms with E-state index in [-0.39, 0.29) is 25.2 Å². The lowest BCUT2D eigenvalue weighted by Crippen LogP contribution is -2.28. The summed E-state index contributed by atoms with van der Waals surface area (Å²) in [6.45, 7) is 4.14. The van der Waals surface area contributed by atoms with Crippen LogP contribution in [0.25, 0.3) is 0 Å². The van der Waals surface area contributed by atoms with E-state index in [1.807, 2.05) is 0 Å². The maximum Gasteiger partial charge on any atom is 0.306 e.